The number of hydrogen-bond acceptors (Lipinski definition) is 9. The number of nitrogens with one attached hydrogen (secondary N) is 1. The number of nitro benzene ring substituents is 1. The molecule has 1 aliphatic heterocycles. The third-order valence-corrected chi connectivity index (χ3v) is 7.49. The van der Waals surface area contributed by atoms with Crippen LogP contribution in [0.4, 0.5) is 16.5 Å². The quantitative estimate of drug-likeness (QED) is 0.126. The molecule has 0 saturated heterocycles. The summed E-state index contributed by atoms with van der Waals surface area (Å²) in [7, 11) is 0. The van der Waals surface area contributed by atoms with E-state index in [4.69, 9.17) is 0 Å². The van der Waals surface area contributed by atoms with Gasteiger partial charge in [-0.1, -0.05) is 60.2 Å². The molecule has 43 heavy (non-hydrogen) atoms. The lowest BCUT2D eigenvalue weighted by Gasteiger charge is -2.07. The maximum Gasteiger partial charge on any atom is 0.303 e. The number of nitrogens with zero attached hydrogens (tertiary/aromatic N) is 5. The number of nitro groups is 1. The number of carbonyl (C=O) groups excluding carboxylic acids is 2. The molecule has 1 amide bonds. The smallest absolute Gasteiger partial charge is 0.289 e. The lowest BCUT2D eigenvalue weighted by Crippen LogP contribution is -2.28. The molecule has 5 aromatic rings. The number of hydrazone groups is 2. The van der Waals surface area contributed by atoms with Gasteiger partial charge in [-0.3, -0.25) is 25.1 Å². The van der Waals surface area contributed by atoms with Gasteiger partial charge < -0.3 is 0 Å². The molecule has 0 aliphatic carbocycles. The number of carbonyl (C=O) groups is 2. The van der Waals surface area contributed by atoms with Gasteiger partial charge in [0.2, 0.25) is 5.13 Å². The zero-order valence-electron chi connectivity index (χ0n) is 22.7. The van der Waals surface area contributed by atoms with E-state index >= 15 is 0 Å². The van der Waals surface area contributed by atoms with Crippen molar-refractivity contribution < 1.29 is 14.5 Å². The normalized spacial score (nSPS) is 13.7. The second-order valence-corrected chi connectivity index (χ2v) is 10.4. The van der Waals surface area contributed by atoms with Crippen molar-refractivity contribution in [3.8, 4) is 11.3 Å². The first-order chi connectivity index (χ1) is 20.9. The van der Waals surface area contributed by atoms with Crippen LogP contribution in [0.3, 0.4) is 0 Å². The maximum atomic E-state index is 13.6. The Labute approximate surface area is 249 Å². The Morgan fingerprint density at radius 1 is 0.884 bits per heavy atom. The molecule has 0 bridgehead atoms. The predicted molar refractivity (Wildman–Crippen MR) is 167 cm³/mol. The van der Waals surface area contributed by atoms with E-state index < -0.39 is 10.8 Å². The molecule has 1 N–H and O–H groups in total. The summed E-state index contributed by atoms with van der Waals surface area (Å²) < 4.78 is 0. The minimum absolute atomic E-state index is 0.00498. The fourth-order valence-corrected chi connectivity index (χ4v) is 5.13. The fraction of sp³-hybridized carbons (Fsp3) is 0.0312. The Morgan fingerprint density at radius 2 is 1.53 bits per heavy atom. The highest BCUT2D eigenvalue weighted by molar-refractivity contribution is 7.14. The van der Waals surface area contributed by atoms with Gasteiger partial charge in [-0.05, 0) is 43.3 Å². The first-order valence-corrected chi connectivity index (χ1v) is 14.0. The Balaban J connectivity index is 1.29. The number of anilines is 2. The van der Waals surface area contributed by atoms with Gasteiger partial charge in [0.25, 0.3) is 5.69 Å². The van der Waals surface area contributed by atoms with E-state index in [1.807, 2.05) is 42.6 Å². The van der Waals surface area contributed by atoms with E-state index in [0.717, 1.165) is 11.1 Å². The molecule has 1 aliphatic rings. The van der Waals surface area contributed by atoms with Crippen molar-refractivity contribution in [2.75, 3.05) is 10.4 Å². The van der Waals surface area contributed by atoms with Gasteiger partial charge in [-0.2, -0.15) is 15.2 Å². The molecule has 0 spiro atoms. The predicted octanol–water partition coefficient (Wildman–Crippen LogP) is 6.48. The lowest BCUT2D eigenvalue weighted by atomic mass is 10.0. The average Bonchev–Trinajstić information content (AvgIpc) is 3.65. The molecular weight excluding hydrogens is 564 g/mol. The minimum atomic E-state index is -0.512. The number of amides is 1. The highest BCUT2D eigenvalue weighted by Crippen LogP contribution is 2.31. The summed E-state index contributed by atoms with van der Waals surface area (Å²) >= 11 is 1.26. The Morgan fingerprint density at radius 3 is 2.21 bits per heavy atom. The molecule has 210 valence electrons. The Bertz CT molecular complexity index is 1900. The van der Waals surface area contributed by atoms with E-state index in [2.05, 4.69) is 20.6 Å². The van der Waals surface area contributed by atoms with E-state index in [1.165, 1.54) is 40.6 Å². The molecular formula is C32H22N6O4S. The van der Waals surface area contributed by atoms with Crippen LogP contribution in [-0.4, -0.2) is 33.0 Å². The first kappa shape index (κ1) is 27.4. The van der Waals surface area contributed by atoms with Crippen molar-refractivity contribution in [1.29, 1.82) is 0 Å². The molecule has 0 unspecified atom stereocenters. The molecule has 2 heterocycles. The van der Waals surface area contributed by atoms with Gasteiger partial charge >= 0.3 is 5.91 Å². The van der Waals surface area contributed by atoms with Crippen molar-refractivity contribution in [2.45, 2.75) is 6.92 Å². The third kappa shape index (κ3) is 5.69. The van der Waals surface area contributed by atoms with Crippen LogP contribution in [0.2, 0.25) is 0 Å². The monoisotopic (exact) mass is 586 g/mol. The molecule has 10 nitrogen and oxygen atoms in total. The molecule has 6 rings (SSSR count). The largest absolute Gasteiger partial charge is 0.303 e. The topological polar surface area (TPSA) is 130 Å². The Kier molecular flexibility index (Phi) is 7.37. The first-order valence-electron chi connectivity index (χ1n) is 13.1. The minimum Gasteiger partial charge on any atom is -0.289 e. The molecule has 0 saturated carbocycles. The Hall–Kier alpha value is -5.81. The standard InChI is InChI=1S/C32H22N6O4S/c1-20-7-9-21(10-8-20)27-19-43-32(33-27)37-31(40)29(28(36-37)22-13-17-26(18-14-22)38(41)42)35-34-25-15-11-24(12-16-25)30(39)23-5-3-2-4-6-23/h2-19,34H,1H3/b35-29+. The zero-order valence-corrected chi connectivity index (χ0v) is 23.5. The second kappa shape index (κ2) is 11.6. The summed E-state index contributed by atoms with van der Waals surface area (Å²) in [6, 6.07) is 29.3. The fourth-order valence-electron chi connectivity index (χ4n) is 4.35. The molecule has 1 aromatic heterocycles. The van der Waals surface area contributed by atoms with Crippen molar-refractivity contribution in [3.63, 3.8) is 0 Å². The second-order valence-electron chi connectivity index (χ2n) is 9.60. The van der Waals surface area contributed by atoms with Gasteiger partial charge in [0.15, 0.2) is 11.5 Å². The molecule has 0 atom stereocenters. The van der Waals surface area contributed by atoms with Crippen LogP contribution < -0.4 is 10.4 Å². The summed E-state index contributed by atoms with van der Waals surface area (Å²) in [6.07, 6.45) is 0. The van der Waals surface area contributed by atoms with Gasteiger partial charge in [-0.15, -0.1) is 11.3 Å². The maximum absolute atomic E-state index is 13.6. The van der Waals surface area contributed by atoms with E-state index in [0.29, 0.717) is 33.2 Å². The highest BCUT2D eigenvalue weighted by atomic mass is 32.1. The van der Waals surface area contributed by atoms with Gasteiger partial charge in [0.05, 0.1) is 16.3 Å². The SMILES string of the molecule is Cc1ccc(-c2csc(N3N=C(c4ccc([N+](=O)[O-])cc4)/C(=N\Nc4ccc(C(=O)c5ccccc5)cc4)C3=O)n2)cc1. The number of non-ortho nitro benzene ring substituents is 1. The van der Waals surface area contributed by atoms with E-state index in [1.54, 1.807) is 48.5 Å². The number of rotatable bonds is 8. The molecule has 11 heteroatoms. The van der Waals surface area contributed by atoms with E-state index in [9.17, 15) is 19.7 Å². The highest BCUT2D eigenvalue weighted by Gasteiger charge is 2.36. The number of thiazole rings is 1. The summed E-state index contributed by atoms with van der Waals surface area (Å²) in [4.78, 5) is 41.7. The average molecular weight is 587 g/mol. The van der Waals surface area contributed by atoms with Gasteiger partial charge in [0.1, 0.15) is 5.71 Å². The summed E-state index contributed by atoms with van der Waals surface area (Å²) in [5.41, 5.74) is 7.87. The van der Waals surface area contributed by atoms with Crippen LogP contribution in [0, 0.1) is 17.0 Å². The van der Waals surface area contributed by atoms with Crippen molar-refractivity contribution >= 4 is 51.0 Å². The van der Waals surface area contributed by atoms with Crippen molar-refractivity contribution in [3.05, 3.63) is 141 Å². The van der Waals surface area contributed by atoms with Crippen molar-refractivity contribution in [1.82, 2.24) is 4.98 Å². The van der Waals surface area contributed by atoms with Crippen molar-refractivity contribution in [2.24, 2.45) is 10.2 Å². The molecule has 0 radical (unpaired) electrons. The number of hydrogen-bond donors (Lipinski definition) is 1. The van der Waals surface area contributed by atoms with E-state index in [-0.39, 0.29) is 22.9 Å². The van der Waals surface area contributed by atoms with Gasteiger partial charge in [-0.25, -0.2) is 4.98 Å². The summed E-state index contributed by atoms with van der Waals surface area (Å²) in [6.45, 7) is 2.00. The summed E-state index contributed by atoms with van der Waals surface area (Å²) in [5, 5.41) is 23.5. The van der Waals surface area contributed by atoms with Crippen LogP contribution in [0.25, 0.3) is 11.3 Å². The summed E-state index contributed by atoms with van der Waals surface area (Å²) in [5.74, 6) is -0.623. The van der Waals surface area contributed by atoms with Crippen LogP contribution in [0.1, 0.15) is 27.0 Å². The molecule has 4 aromatic carbocycles. The zero-order chi connectivity index (χ0) is 29.9. The van der Waals surface area contributed by atoms with Crippen LogP contribution in [0.15, 0.2) is 119 Å². The lowest BCUT2D eigenvalue weighted by molar-refractivity contribution is -0.384. The van der Waals surface area contributed by atoms with Crippen LogP contribution in [-0.2, 0) is 4.79 Å². The molecule has 0 fully saturated rings. The van der Waals surface area contributed by atoms with Gasteiger partial charge in [0, 0.05) is 39.8 Å². The van der Waals surface area contributed by atoms with Crippen LogP contribution in [0.5, 0.6) is 0 Å². The number of ketones is 1. The van der Waals surface area contributed by atoms with Crippen LogP contribution >= 0.6 is 11.3 Å². The number of aromatic nitrogens is 1. The third-order valence-electron chi connectivity index (χ3n) is 6.67. The number of aryl methyl sites for hydroxylation is 1. The number of benzene rings is 4.